The summed E-state index contributed by atoms with van der Waals surface area (Å²) in [5.74, 6) is -0.132. The van der Waals surface area contributed by atoms with Crippen LogP contribution in [0.4, 0.5) is 11.4 Å². The van der Waals surface area contributed by atoms with Crippen molar-refractivity contribution in [2.45, 2.75) is 13.5 Å². The fourth-order valence-electron chi connectivity index (χ4n) is 2.21. The minimum Gasteiger partial charge on any atom is -0.398 e. The highest BCUT2D eigenvalue weighted by atomic mass is 16.2. The first-order chi connectivity index (χ1) is 10.1. The van der Waals surface area contributed by atoms with E-state index in [1.807, 2.05) is 43.3 Å². The molecule has 0 saturated heterocycles. The van der Waals surface area contributed by atoms with Crippen LogP contribution in [0.25, 0.3) is 10.9 Å². The van der Waals surface area contributed by atoms with E-state index in [1.54, 1.807) is 16.9 Å². The molecule has 0 spiro atoms. The molecule has 0 fully saturated rings. The number of anilines is 2. The number of aryl methyl sites for hydroxylation is 1. The molecule has 0 bridgehead atoms. The van der Waals surface area contributed by atoms with E-state index in [1.165, 1.54) is 0 Å². The molecular formula is C16H16N4O. The van der Waals surface area contributed by atoms with Crippen LogP contribution >= 0.6 is 0 Å². The van der Waals surface area contributed by atoms with E-state index in [0.717, 1.165) is 16.5 Å². The van der Waals surface area contributed by atoms with Crippen molar-refractivity contribution in [3.8, 4) is 0 Å². The van der Waals surface area contributed by atoms with Gasteiger partial charge in [-0.3, -0.25) is 9.48 Å². The van der Waals surface area contributed by atoms with E-state index in [0.29, 0.717) is 11.4 Å². The molecule has 0 saturated carbocycles. The summed E-state index contributed by atoms with van der Waals surface area (Å²) in [5.41, 5.74) is 9.13. The summed E-state index contributed by atoms with van der Waals surface area (Å²) in [5, 5.41) is 8.09. The van der Waals surface area contributed by atoms with Gasteiger partial charge in [0.1, 0.15) is 6.54 Å². The molecule has 1 amide bonds. The molecular weight excluding hydrogens is 264 g/mol. The molecule has 0 aliphatic carbocycles. The first kappa shape index (κ1) is 13.2. The second-order valence-electron chi connectivity index (χ2n) is 4.98. The molecule has 106 valence electrons. The predicted molar refractivity (Wildman–Crippen MR) is 84.0 cm³/mol. The minimum absolute atomic E-state index is 0.132. The maximum absolute atomic E-state index is 12.1. The van der Waals surface area contributed by atoms with Crippen molar-refractivity contribution in [2.75, 3.05) is 11.1 Å². The van der Waals surface area contributed by atoms with Crippen LogP contribution in [0.3, 0.4) is 0 Å². The molecule has 1 aromatic heterocycles. The third kappa shape index (κ3) is 2.72. The second-order valence-corrected chi connectivity index (χ2v) is 4.98. The summed E-state index contributed by atoms with van der Waals surface area (Å²) < 4.78 is 1.68. The lowest BCUT2D eigenvalue weighted by atomic mass is 10.2. The maximum atomic E-state index is 12.1. The Morgan fingerprint density at radius 3 is 2.90 bits per heavy atom. The number of hydrogen-bond acceptors (Lipinski definition) is 3. The number of amides is 1. The van der Waals surface area contributed by atoms with Gasteiger partial charge in [-0.2, -0.15) is 5.10 Å². The average Bonchev–Trinajstić information content (AvgIpc) is 2.86. The number of para-hydroxylation sites is 1. The van der Waals surface area contributed by atoms with Gasteiger partial charge in [0.05, 0.1) is 11.7 Å². The second kappa shape index (κ2) is 5.28. The Balaban J connectivity index is 1.75. The minimum atomic E-state index is -0.132. The summed E-state index contributed by atoms with van der Waals surface area (Å²) in [7, 11) is 0. The summed E-state index contributed by atoms with van der Waals surface area (Å²) >= 11 is 0. The Hall–Kier alpha value is -2.82. The SMILES string of the molecule is Cc1ccc(NC(=O)Cn2ncc3ccccc32)cc1N. The van der Waals surface area contributed by atoms with Gasteiger partial charge in [-0.15, -0.1) is 0 Å². The fraction of sp³-hybridized carbons (Fsp3) is 0.125. The number of carbonyl (C=O) groups is 1. The van der Waals surface area contributed by atoms with Crippen molar-refractivity contribution in [1.82, 2.24) is 9.78 Å². The number of benzene rings is 2. The largest absolute Gasteiger partial charge is 0.398 e. The van der Waals surface area contributed by atoms with E-state index in [2.05, 4.69) is 10.4 Å². The van der Waals surface area contributed by atoms with E-state index in [9.17, 15) is 4.79 Å². The van der Waals surface area contributed by atoms with Crippen LogP contribution in [0.5, 0.6) is 0 Å². The lowest BCUT2D eigenvalue weighted by Gasteiger charge is -2.08. The lowest BCUT2D eigenvalue weighted by molar-refractivity contribution is -0.116. The first-order valence-corrected chi connectivity index (χ1v) is 6.70. The number of rotatable bonds is 3. The molecule has 2 aromatic carbocycles. The van der Waals surface area contributed by atoms with Crippen molar-refractivity contribution in [3.05, 3.63) is 54.2 Å². The van der Waals surface area contributed by atoms with Gasteiger partial charge in [0.2, 0.25) is 5.91 Å². The van der Waals surface area contributed by atoms with Gasteiger partial charge in [0.25, 0.3) is 0 Å². The van der Waals surface area contributed by atoms with Gasteiger partial charge >= 0.3 is 0 Å². The standard InChI is InChI=1S/C16H16N4O/c1-11-6-7-13(8-14(11)17)19-16(21)10-20-15-5-3-2-4-12(15)9-18-20/h2-9H,10,17H2,1H3,(H,19,21). The summed E-state index contributed by atoms with van der Waals surface area (Å²) in [6.07, 6.45) is 1.76. The summed E-state index contributed by atoms with van der Waals surface area (Å²) in [4.78, 5) is 12.1. The van der Waals surface area contributed by atoms with Gasteiger partial charge in [-0.05, 0) is 30.7 Å². The van der Waals surface area contributed by atoms with Crippen molar-refractivity contribution >= 4 is 28.2 Å². The van der Waals surface area contributed by atoms with Gasteiger partial charge in [0, 0.05) is 16.8 Å². The highest BCUT2D eigenvalue weighted by molar-refractivity contribution is 5.92. The first-order valence-electron chi connectivity index (χ1n) is 6.70. The van der Waals surface area contributed by atoms with Gasteiger partial charge in [0.15, 0.2) is 0 Å². The highest BCUT2D eigenvalue weighted by Crippen LogP contribution is 2.17. The highest BCUT2D eigenvalue weighted by Gasteiger charge is 2.08. The van der Waals surface area contributed by atoms with Crippen LogP contribution in [-0.2, 0) is 11.3 Å². The van der Waals surface area contributed by atoms with Crippen LogP contribution < -0.4 is 11.1 Å². The number of hydrogen-bond donors (Lipinski definition) is 2. The van der Waals surface area contributed by atoms with E-state index in [-0.39, 0.29) is 12.5 Å². The van der Waals surface area contributed by atoms with Gasteiger partial charge in [-0.1, -0.05) is 24.3 Å². The number of carbonyl (C=O) groups excluding carboxylic acids is 1. The van der Waals surface area contributed by atoms with E-state index >= 15 is 0 Å². The average molecular weight is 280 g/mol. The van der Waals surface area contributed by atoms with Crippen LogP contribution in [0.2, 0.25) is 0 Å². The molecule has 1 heterocycles. The number of nitrogens with one attached hydrogen (secondary N) is 1. The van der Waals surface area contributed by atoms with Crippen LogP contribution in [0.15, 0.2) is 48.7 Å². The number of nitrogens with zero attached hydrogens (tertiary/aromatic N) is 2. The molecule has 0 aliphatic rings. The molecule has 0 radical (unpaired) electrons. The molecule has 0 unspecified atom stereocenters. The Kier molecular flexibility index (Phi) is 3.31. The Labute approximate surface area is 122 Å². The summed E-state index contributed by atoms with van der Waals surface area (Å²) in [6, 6.07) is 13.3. The molecule has 3 N–H and O–H groups in total. The molecule has 0 atom stereocenters. The predicted octanol–water partition coefficient (Wildman–Crippen LogP) is 2.57. The van der Waals surface area contributed by atoms with Crippen molar-refractivity contribution in [2.24, 2.45) is 0 Å². The van der Waals surface area contributed by atoms with Crippen molar-refractivity contribution in [1.29, 1.82) is 0 Å². The maximum Gasteiger partial charge on any atom is 0.246 e. The zero-order valence-electron chi connectivity index (χ0n) is 11.7. The Morgan fingerprint density at radius 1 is 1.29 bits per heavy atom. The normalized spacial score (nSPS) is 10.7. The van der Waals surface area contributed by atoms with Crippen LogP contribution in [0.1, 0.15) is 5.56 Å². The molecule has 3 rings (SSSR count). The van der Waals surface area contributed by atoms with Crippen LogP contribution in [-0.4, -0.2) is 15.7 Å². The van der Waals surface area contributed by atoms with E-state index < -0.39 is 0 Å². The number of fused-ring (bicyclic) bond motifs is 1. The Bertz CT molecular complexity index is 807. The number of nitrogen functional groups attached to an aromatic ring is 1. The summed E-state index contributed by atoms with van der Waals surface area (Å²) in [6.45, 7) is 2.10. The van der Waals surface area contributed by atoms with Gasteiger partial charge < -0.3 is 11.1 Å². The van der Waals surface area contributed by atoms with Crippen molar-refractivity contribution in [3.63, 3.8) is 0 Å². The van der Waals surface area contributed by atoms with E-state index in [4.69, 9.17) is 5.73 Å². The molecule has 0 aliphatic heterocycles. The number of nitrogens with two attached hydrogens (primary N) is 1. The van der Waals surface area contributed by atoms with Gasteiger partial charge in [-0.25, -0.2) is 0 Å². The number of aromatic nitrogens is 2. The third-order valence-electron chi connectivity index (χ3n) is 3.41. The molecule has 5 nitrogen and oxygen atoms in total. The quantitative estimate of drug-likeness (QED) is 0.724. The van der Waals surface area contributed by atoms with Crippen LogP contribution in [0, 0.1) is 6.92 Å². The van der Waals surface area contributed by atoms with Crippen molar-refractivity contribution < 1.29 is 4.79 Å². The fourth-order valence-corrected chi connectivity index (χ4v) is 2.21. The zero-order valence-corrected chi connectivity index (χ0v) is 11.7. The molecule has 5 heteroatoms. The third-order valence-corrected chi connectivity index (χ3v) is 3.41. The molecule has 21 heavy (non-hydrogen) atoms. The lowest BCUT2D eigenvalue weighted by Crippen LogP contribution is -2.19. The monoisotopic (exact) mass is 280 g/mol. The smallest absolute Gasteiger partial charge is 0.246 e. The molecule has 3 aromatic rings. The zero-order chi connectivity index (χ0) is 14.8. The topological polar surface area (TPSA) is 72.9 Å². The Morgan fingerprint density at radius 2 is 2.10 bits per heavy atom.